The Morgan fingerprint density at radius 2 is 2.00 bits per heavy atom. The van der Waals surface area contributed by atoms with Crippen molar-refractivity contribution in [2.45, 2.75) is 51.2 Å². The van der Waals surface area contributed by atoms with Crippen molar-refractivity contribution >= 4 is 44.9 Å². The van der Waals surface area contributed by atoms with Crippen molar-refractivity contribution in [2.24, 2.45) is 0 Å². The van der Waals surface area contributed by atoms with Gasteiger partial charge in [0.1, 0.15) is 4.83 Å². The van der Waals surface area contributed by atoms with E-state index in [1.54, 1.807) is 23.0 Å². The second-order valence-corrected chi connectivity index (χ2v) is 9.86. The highest BCUT2D eigenvalue weighted by molar-refractivity contribution is 7.99. The van der Waals surface area contributed by atoms with Crippen molar-refractivity contribution in [1.82, 2.24) is 9.55 Å². The van der Waals surface area contributed by atoms with Crippen LogP contribution in [0, 0.1) is 13.8 Å². The van der Waals surface area contributed by atoms with E-state index < -0.39 is 0 Å². The van der Waals surface area contributed by atoms with E-state index >= 15 is 0 Å². The van der Waals surface area contributed by atoms with E-state index in [1.165, 1.54) is 22.2 Å². The fraction of sp³-hybridized carbons (Fsp3) is 0.435. The van der Waals surface area contributed by atoms with Gasteiger partial charge < -0.3 is 10.1 Å². The molecule has 0 radical (unpaired) electrons. The van der Waals surface area contributed by atoms with Gasteiger partial charge in [0, 0.05) is 17.7 Å². The Morgan fingerprint density at radius 3 is 2.74 bits per heavy atom. The second kappa shape index (κ2) is 9.54. The lowest BCUT2D eigenvalue weighted by molar-refractivity contribution is -0.113. The van der Waals surface area contributed by atoms with Crippen molar-refractivity contribution in [3.63, 3.8) is 0 Å². The van der Waals surface area contributed by atoms with Gasteiger partial charge in [-0.15, -0.1) is 11.3 Å². The first-order chi connectivity index (χ1) is 15.0. The molecule has 3 aromatic rings. The molecule has 31 heavy (non-hydrogen) atoms. The number of rotatable bonds is 7. The molecule has 0 saturated heterocycles. The third kappa shape index (κ3) is 4.56. The summed E-state index contributed by atoms with van der Waals surface area (Å²) in [4.78, 5) is 32.9. The maximum Gasteiger partial charge on any atom is 0.263 e. The van der Waals surface area contributed by atoms with Crippen LogP contribution in [0.5, 0.6) is 0 Å². The molecule has 0 unspecified atom stereocenters. The summed E-state index contributed by atoms with van der Waals surface area (Å²) in [5, 5.41) is 4.34. The van der Waals surface area contributed by atoms with E-state index in [0.717, 1.165) is 52.7 Å². The number of aromatic nitrogens is 2. The molecule has 1 N–H and O–H groups in total. The van der Waals surface area contributed by atoms with Gasteiger partial charge in [-0.3, -0.25) is 14.2 Å². The smallest absolute Gasteiger partial charge is 0.263 e. The Morgan fingerprint density at radius 1 is 1.26 bits per heavy atom. The molecule has 0 fully saturated rings. The van der Waals surface area contributed by atoms with Crippen molar-refractivity contribution in [2.75, 3.05) is 24.8 Å². The Labute approximate surface area is 190 Å². The molecule has 1 aromatic carbocycles. The van der Waals surface area contributed by atoms with Crippen LogP contribution in [0.15, 0.2) is 28.2 Å². The molecule has 8 heteroatoms. The third-order valence-corrected chi connectivity index (χ3v) is 7.80. The van der Waals surface area contributed by atoms with Crippen LogP contribution in [0.2, 0.25) is 0 Å². The number of methoxy groups -OCH3 is 1. The number of nitrogens with one attached hydrogen (secondary N) is 1. The average Bonchev–Trinajstić information content (AvgIpc) is 3.13. The molecular weight excluding hydrogens is 430 g/mol. The van der Waals surface area contributed by atoms with Gasteiger partial charge in [0.05, 0.1) is 24.3 Å². The number of thioether (sulfide) groups is 1. The number of hydrogen-bond acceptors (Lipinski definition) is 6. The number of ether oxygens (including phenoxy) is 1. The Hall–Kier alpha value is -2.16. The zero-order valence-electron chi connectivity index (χ0n) is 18.1. The van der Waals surface area contributed by atoms with Gasteiger partial charge in [-0.05, 0) is 56.2 Å². The Balaban J connectivity index is 1.61. The fourth-order valence-corrected chi connectivity index (χ4v) is 6.15. The number of aryl methyl sites for hydroxylation is 4. The lowest BCUT2D eigenvalue weighted by atomic mass is 9.97. The summed E-state index contributed by atoms with van der Waals surface area (Å²) >= 11 is 2.93. The number of benzene rings is 1. The molecule has 0 aliphatic heterocycles. The predicted molar refractivity (Wildman–Crippen MR) is 128 cm³/mol. The van der Waals surface area contributed by atoms with E-state index in [4.69, 9.17) is 9.72 Å². The molecule has 0 spiro atoms. The largest absolute Gasteiger partial charge is 0.383 e. The quantitative estimate of drug-likeness (QED) is 0.422. The molecule has 0 saturated carbocycles. The van der Waals surface area contributed by atoms with Crippen LogP contribution < -0.4 is 10.9 Å². The van der Waals surface area contributed by atoms with Crippen LogP contribution in [0.1, 0.15) is 34.4 Å². The number of fused-ring (bicyclic) bond motifs is 3. The fourth-order valence-electron chi connectivity index (χ4n) is 4.03. The van der Waals surface area contributed by atoms with E-state index in [1.807, 2.05) is 32.0 Å². The molecule has 1 aliphatic carbocycles. The molecule has 6 nitrogen and oxygen atoms in total. The van der Waals surface area contributed by atoms with Gasteiger partial charge in [-0.25, -0.2) is 4.98 Å². The van der Waals surface area contributed by atoms with Crippen molar-refractivity contribution < 1.29 is 9.53 Å². The van der Waals surface area contributed by atoms with Crippen LogP contribution in [0.4, 0.5) is 5.69 Å². The maximum absolute atomic E-state index is 13.4. The molecule has 2 aromatic heterocycles. The number of thiophene rings is 1. The van der Waals surface area contributed by atoms with Crippen LogP contribution in [-0.2, 0) is 28.9 Å². The SMILES string of the molecule is COCCn1c(SCC(=O)Nc2c(C)cccc2C)nc2sc3c(c2c1=O)CCCC3. The van der Waals surface area contributed by atoms with Crippen molar-refractivity contribution in [3.05, 3.63) is 50.1 Å². The molecule has 4 rings (SSSR count). The number of carbonyl (C=O) groups is 1. The minimum atomic E-state index is -0.111. The van der Waals surface area contributed by atoms with Gasteiger partial charge >= 0.3 is 0 Å². The summed E-state index contributed by atoms with van der Waals surface area (Å²) in [5.74, 6) is 0.0737. The monoisotopic (exact) mass is 457 g/mol. The number of hydrogen-bond donors (Lipinski definition) is 1. The number of anilines is 1. The number of para-hydroxylation sites is 1. The zero-order valence-corrected chi connectivity index (χ0v) is 19.8. The normalized spacial score (nSPS) is 13.4. The van der Waals surface area contributed by atoms with Crippen molar-refractivity contribution in [3.8, 4) is 0 Å². The van der Waals surface area contributed by atoms with E-state index in [-0.39, 0.29) is 17.2 Å². The highest BCUT2D eigenvalue weighted by Crippen LogP contribution is 2.34. The number of carbonyl (C=O) groups excluding carboxylic acids is 1. The molecule has 1 aliphatic rings. The molecule has 0 atom stereocenters. The van der Waals surface area contributed by atoms with Crippen LogP contribution in [0.3, 0.4) is 0 Å². The summed E-state index contributed by atoms with van der Waals surface area (Å²) in [6.45, 7) is 4.80. The summed E-state index contributed by atoms with van der Waals surface area (Å²) in [5.41, 5.74) is 4.07. The van der Waals surface area contributed by atoms with Gasteiger partial charge in [0.15, 0.2) is 5.16 Å². The predicted octanol–water partition coefficient (Wildman–Crippen LogP) is 4.33. The number of nitrogens with zero attached hydrogens (tertiary/aromatic N) is 2. The Kier molecular flexibility index (Phi) is 6.79. The zero-order chi connectivity index (χ0) is 22.0. The summed E-state index contributed by atoms with van der Waals surface area (Å²) in [6, 6.07) is 5.93. The molecule has 164 valence electrons. The van der Waals surface area contributed by atoms with Crippen molar-refractivity contribution in [1.29, 1.82) is 0 Å². The topological polar surface area (TPSA) is 73.2 Å². The Bertz CT molecular complexity index is 1160. The third-order valence-electron chi connectivity index (χ3n) is 5.64. The molecule has 2 heterocycles. The minimum Gasteiger partial charge on any atom is -0.383 e. The van der Waals surface area contributed by atoms with Gasteiger partial charge in [-0.2, -0.15) is 0 Å². The first-order valence-electron chi connectivity index (χ1n) is 10.5. The number of amides is 1. The average molecular weight is 458 g/mol. The minimum absolute atomic E-state index is 0.0147. The molecular formula is C23H27N3O3S2. The van der Waals surface area contributed by atoms with E-state index in [2.05, 4.69) is 5.32 Å². The highest BCUT2D eigenvalue weighted by atomic mass is 32.2. The highest BCUT2D eigenvalue weighted by Gasteiger charge is 2.22. The lowest BCUT2D eigenvalue weighted by Gasteiger charge is -2.14. The standard InChI is InChI=1S/C23H27N3O3S2/c1-14-7-6-8-15(2)20(14)24-18(27)13-30-23-25-21-19(22(28)26(23)11-12-29-3)16-9-4-5-10-17(16)31-21/h6-8H,4-5,9-13H2,1-3H3,(H,24,27). The first kappa shape index (κ1) is 22.0. The van der Waals surface area contributed by atoms with E-state index in [9.17, 15) is 9.59 Å². The summed E-state index contributed by atoms with van der Waals surface area (Å²) in [7, 11) is 1.62. The molecule has 0 bridgehead atoms. The van der Waals surface area contributed by atoms with Crippen LogP contribution >= 0.6 is 23.1 Å². The van der Waals surface area contributed by atoms with Gasteiger partial charge in [0.2, 0.25) is 5.91 Å². The van der Waals surface area contributed by atoms with Crippen LogP contribution in [0.25, 0.3) is 10.2 Å². The lowest BCUT2D eigenvalue weighted by Crippen LogP contribution is -2.26. The molecule has 1 amide bonds. The maximum atomic E-state index is 13.4. The first-order valence-corrected chi connectivity index (χ1v) is 12.3. The van der Waals surface area contributed by atoms with E-state index in [0.29, 0.717) is 18.3 Å². The summed E-state index contributed by atoms with van der Waals surface area (Å²) in [6.07, 6.45) is 4.25. The van der Waals surface area contributed by atoms with Gasteiger partial charge in [0.25, 0.3) is 5.56 Å². The van der Waals surface area contributed by atoms with Crippen LogP contribution in [-0.4, -0.2) is 34.9 Å². The summed E-state index contributed by atoms with van der Waals surface area (Å²) < 4.78 is 6.89. The second-order valence-electron chi connectivity index (χ2n) is 7.84. The van der Waals surface area contributed by atoms with Gasteiger partial charge in [-0.1, -0.05) is 30.0 Å².